The third-order valence-electron chi connectivity index (χ3n) is 5.78. The highest BCUT2D eigenvalue weighted by Gasteiger charge is 2.41. The molecule has 2 atom stereocenters. The van der Waals surface area contributed by atoms with Gasteiger partial charge in [-0.2, -0.15) is 4.98 Å². The van der Waals surface area contributed by atoms with Gasteiger partial charge in [0.2, 0.25) is 11.1 Å². The smallest absolute Gasteiger partial charge is 0.227 e. The number of anilines is 1. The second-order valence-corrected chi connectivity index (χ2v) is 9.26. The number of fused-ring (bicyclic) bond motifs is 3. The summed E-state index contributed by atoms with van der Waals surface area (Å²) in [6.07, 6.45) is 1.76. The van der Waals surface area contributed by atoms with Crippen LogP contribution < -0.4 is 14.8 Å². The van der Waals surface area contributed by atoms with Crippen LogP contribution in [0.5, 0.6) is 11.5 Å². The van der Waals surface area contributed by atoms with E-state index in [1.165, 1.54) is 11.8 Å². The summed E-state index contributed by atoms with van der Waals surface area (Å²) >= 11 is 3.23. The Morgan fingerprint density at radius 3 is 2.69 bits per heavy atom. The van der Waals surface area contributed by atoms with Gasteiger partial charge in [0.15, 0.2) is 6.10 Å². The summed E-state index contributed by atoms with van der Waals surface area (Å²) in [5.74, 6) is 2.42. The molecule has 2 aromatic heterocycles. The van der Waals surface area contributed by atoms with Crippen molar-refractivity contribution in [3.63, 3.8) is 0 Å². The zero-order chi connectivity index (χ0) is 21.7. The lowest BCUT2D eigenvalue weighted by atomic mass is 9.86. The summed E-state index contributed by atoms with van der Waals surface area (Å²) < 4.78 is 14.0. The van der Waals surface area contributed by atoms with Crippen LogP contribution in [-0.4, -0.2) is 28.1 Å². The fourth-order valence-electron chi connectivity index (χ4n) is 4.33. The van der Waals surface area contributed by atoms with Crippen LogP contribution in [0.4, 0.5) is 5.95 Å². The van der Waals surface area contributed by atoms with Crippen molar-refractivity contribution in [2.45, 2.75) is 17.3 Å². The maximum absolute atomic E-state index is 6.61. The number of benzene rings is 2. The fourth-order valence-corrected chi connectivity index (χ4v) is 5.45. The summed E-state index contributed by atoms with van der Waals surface area (Å²) in [5, 5.41) is 11.2. The first-order chi connectivity index (χ1) is 15.8. The molecule has 0 bridgehead atoms. The molecule has 2 aliphatic heterocycles. The number of thiophene rings is 1. The van der Waals surface area contributed by atoms with E-state index < -0.39 is 0 Å². The number of hydrogen-bond donors (Lipinski definition) is 1. The second kappa shape index (κ2) is 7.72. The number of para-hydroxylation sites is 1. The minimum atomic E-state index is -0.227. The third kappa shape index (κ3) is 3.02. The Balaban J connectivity index is 1.61. The molecule has 8 heteroatoms. The number of methoxy groups -OCH3 is 1. The molecule has 6 nitrogen and oxygen atoms in total. The number of thioether (sulfide) groups is 1. The number of ether oxygens (including phenoxy) is 2. The number of nitrogens with zero attached hydrogens (tertiary/aromatic N) is 3. The molecule has 4 heterocycles. The highest BCUT2D eigenvalue weighted by molar-refractivity contribution is 7.98. The zero-order valence-electron chi connectivity index (χ0n) is 17.5. The summed E-state index contributed by atoms with van der Waals surface area (Å²) in [5.41, 5.74) is 4.30. The standard InChI is InChI=1S/C24H20N4O2S2/c1-29-15-11-9-14(10-12-15)21-19-20(25-23-26-24(31-2)27-28(21)23)16-6-3-4-7-17(16)30-22(19)18-8-5-13-32-18/h3-13,21-22H,1-2H3,(H,25,26,27)/t21-,22-/m0/s1. The average molecular weight is 461 g/mol. The van der Waals surface area contributed by atoms with E-state index in [-0.39, 0.29) is 12.1 Å². The molecule has 0 saturated heterocycles. The topological polar surface area (TPSA) is 61.2 Å². The van der Waals surface area contributed by atoms with E-state index in [1.54, 1.807) is 18.4 Å². The zero-order valence-corrected chi connectivity index (χ0v) is 19.1. The van der Waals surface area contributed by atoms with Crippen molar-refractivity contribution in [1.29, 1.82) is 0 Å². The Bertz CT molecular complexity index is 1310. The maximum Gasteiger partial charge on any atom is 0.227 e. The molecule has 0 radical (unpaired) electrons. The van der Waals surface area contributed by atoms with Gasteiger partial charge < -0.3 is 14.8 Å². The molecule has 0 aliphatic carbocycles. The summed E-state index contributed by atoms with van der Waals surface area (Å²) in [4.78, 5) is 5.89. The normalized spacial score (nSPS) is 18.8. The molecule has 0 fully saturated rings. The molecule has 0 spiro atoms. The van der Waals surface area contributed by atoms with Gasteiger partial charge in [0.25, 0.3) is 0 Å². The van der Waals surface area contributed by atoms with Crippen molar-refractivity contribution in [3.05, 3.63) is 87.6 Å². The van der Waals surface area contributed by atoms with Gasteiger partial charge in [-0.05, 0) is 47.5 Å². The molecule has 4 aromatic rings. The summed E-state index contributed by atoms with van der Waals surface area (Å²) in [6, 6.07) is 20.3. The highest BCUT2D eigenvalue weighted by Crippen LogP contribution is 2.51. The number of nitrogens with one attached hydrogen (secondary N) is 1. The second-order valence-electron chi connectivity index (χ2n) is 7.51. The third-order valence-corrected chi connectivity index (χ3v) is 7.23. The fraction of sp³-hybridized carbons (Fsp3) is 0.167. The quantitative estimate of drug-likeness (QED) is 0.398. The predicted octanol–water partition coefficient (Wildman–Crippen LogP) is 5.63. The molecule has 2 aliphatic rings. The summed E-state index contributed by atoms with van der Waals surface area (Å²) in [6.45, 7) is 0. The van der Waals surface area contributed by atoms with E-state index in [1.807, 2.05) is 41.3 Å². The molecular weight excluding hydrogens is 440 g/mol. The van der Waals surface area contributed by atoms with Crippen LogP contribution in [0, 0.1) is 0 Å². The van der Waals surface area contributed by atoms with Crippen LogP contribution in [-0.2, 0) is 0 Å². The Kier molecular flexibility index (Phi) is 4.69. The first kappa shape index (κ1) is 19.5. The maximum atomic E-state index is 6.61. The van der Waals surface area contributed by atoms with Crippen LogP contribution in [0.15, 0.2) is 76.8 Å². The molecular formula is C24H20N4O2S2. The molecule has 0 saturated carbocycles. The van der Waals surface area contributed by atoms with E-state index in [0.717, 1.165) is 49.9 Å². The molecule has 0 amide bonds. The van der Waals surface area contributed by atoms with Gasteiger partial charge in [-0.1, -0.05) is 42.1 Å². The lowest BCUT2D eigenvalue weighted by Crippen LogP contribution is -2.32. The first-order valence-corrected chi connectivity index (χ1v) is 12.3. The van der Waals surface area contributed by atoms with Crippen molar-refractivity contribution < 1.29 is 9.47 Å². The average Bonchev–Trinajstić information content (AvgIpc) is 3.52. The monoisotopic (exact) mass is 460 g/mol. The van der Waals surface area contributed by atoms with E-state index in [9.17, 15) is 0 Å². The van der Waals surface area contributed by atoms with Crippen molar-refractivity contribution in [2.24, 2.45) is 0 Å². The molecule has 0 unspecified atom stereocenters. The van der Waals surface area contributed by atoms with Gasteiger partial charge in [-0.15, -0.1) is 16.4 Å². The van der Waals surface area contributed by atoms with Crippen LogP contribution in [0.1, 0.15) is 28.1 Å². The lowest BCUT2D eigenvalue weighted by Gasteiger charge is -2.38. The molecule has 32 heavy (non-hydrogen) atoms. The van der Waals surface area contributed by atoms with Gasteiger partial charge >= 0.3 is 0 Å². The van der Waals surface area contributed by atoms with Crippen LogP contribution >= 0.6 is 23.1 Å². The number of hydrogen-bond acceptors (Lipinski definition) is 7. The summed E-state index contributed by atoms with van der Waals surface area (Å²) in [7, 11) is 1.68. The number of aromatic nitrogens is 3. The van der Waals surface area contributed by atoms with Crippen LogP contribution in [0.2, 0.25) is 0 Å². The Hall–Kier alpha value is -3.23. The Morgan fingerprint density at radius 1 is 1.09 bits per heavy atom. The molecule has 1 N–H and O–H groups in total. The highest BCUT2D eigenvalue weighted by atomic mass is 32.2. The SMILES string of the molecule is COc1ccc([C@H]2C3=C(Nc4nc(SC)nn42)c2ccccc2O[C@H]3c2cccs2)cc1. The van der Waals surface area contributed by atoms with Gasteiger partial charge in [-0.25, -0.2) is 4.68 Å². The Labute approximate surface area is 193 Å². The minimum absolute atomic E-state index is 0.166. The molecule has 2 aromatic carbocycles. The van der Waals surface area contributed by atoms with Crippen molar-refractivity contribution >= 4 is 34.7 Å². The van der Waals surface area contributed by atoms with E-state index in [2.05, 4.69) is 41.0 Å². The van der Waals surface area contributed by atoms with Gasteiger partial charge in [-0.3, -0.25) is 0 Å². The van der Waals surface area contributed by atoms with Crippen molar-refractivity contribution in [3.8, 4) is 11.5 Å². The largest absolute Gasteiger partial charge is 0.497 e. The lowest BCUT2D eigenvalue weighted by molar-refractivity contribution is 0.226. The Morgan fingerprint density at radius 2 is 1.94 bits per heavy atom. The van der Waals surface area contributed by atoms with E-state index in [4.69, 9.17) is 19.6 Å². The van der Waals surface area contributed by atoms with Gasteiger partial charge in [0.1, 0.15) is 17.5 Å². The van der Waals surface area contributed by atoms with E-state index >= 15 is 0 Å². The minimum Gasteiger partial charge on any atom is -0.497 e. The molecule has 6 rings (SSSR count). The predicted molar refractivity (Wildman–Crippen MR) is 128 cm³/mol. The number of rotatable bonds is 4. The van der Waals surface area contributed by atoms with Crippen LogP contribution in [0.3, 0.4) is 0 Å². The van der Waals surface area contributed by atoms with Gasteiger partial charge in [0, 0.05) is 16.0 Å². The first-order valence-electron chi connectivity index (χ1n) is 10.2. The van der Waals surface area contributed by atoms with Crippen molar-refractivity contribution in [2.75, 3.05) is 18.7 Å². The van der Waals surface area contributed by atoms with Gasteiger partial charge in [0.05, 0.1) is 12.8 Å². The van der Waals surface area contributed by atoms with Crippen LogP contribution in [0.25, 0.3) is 5.70 Å². The molecule has 160 valence electrons. The van der Waals surface area contributed by atoms with Crippen molar-refractivity contribution in [1.82, 2.24) is 14.8 Å². The van der Waals surface area contributed by atoms with E-state index in [0.29, 0.717) is 0 Å².